The topological polar surface area (TPSA) is 38.7 Å². The van der Waals surface area contributed by atoms with Crippen molar-refractivity contribution in [3.63, 3.8) is 0 Å². The SMILES string of the molecule is C/C(=N\OCc1ccccc1)C(=O)c1ccccc1. The van der Waals surface area contributed by atoms with Crippen molar-refractivity contribution in [1.29, 1.82) is 0 Å². The molecule has 3 nitrogen and oxygen atoms in total. The van der Waals surface area contributed by atoms with Crippen molar-refractivity contribution < 1.29 is 9.63 Å². The van der Waals surface area contributed by atoms with Crippen LogP contribution in [0.2, 0.25) is 0 Å². The molecule has 0 aliphatic carbocycles. The molecular weight excluding hydrogens is 238 g/mol. The normalized spacial score (nSPS) is 11.1. The van der Waals surface area contributed by atoms with E-state index in [1.807, 2.05) is 48.5 Å². The molecule has 0 aliphatic rings. The van der Waals surface area contributed by atoms with Gasteiger partial charge in [-0.3, -0.25) is 4.79 Å². The third-order valence-electron chi connectivity index (χ3n) is 2.64. The van der Waals surface area contributed by atoms with Crippen LogP contribution in [0.15, 0.2) is 65.8 Å². The van der Waals surface area contributed by atoms with Crippen LogP contribution in [0.5, 0.6) is 0 Å². The predicted molar refractivity (Wildman–Crippen MR) is 75.1 cm³/mol. The van der Waals surface area contributed by atoms with Gasteiger partial charge in [0, 0.05) is 5.56 Å². The largest absolute Gasteiger partial charge is 0.391 e. The molecule has 0 heterocycles. The monoisotopic (exact) mass is 253 g/mol. The van der Waals surface area contributed by atoms with E-state index in [-0.39, 0.29) is 5.78 Å². The van der Waals surface area contributed by atoms with Gasteiger partial charge in [-0.2, -0.15) is 0 Å². The number of oxime groups is 1. The van der Waals surface area contributed by atoms with Crippen LogP contribution in [0.4, 0.5) is 0 Å². The molecular formula is C16H15NO2. The average Bonchev–Trinajstić information content (AvgIpc) is 2.48. The number of benzene rings is 2. The Hall–Kier alpha value is -2.42. The summed E-state index contributed by atoms with van der Waals surface area (Å²) in [5.74, 6) is -0.117. The van der Waals surface area contributed by atoms with E-state index in [0.29, 0.717) is 17.9 Å². The lowest BCUT2D eigenvalue weighted by Crippen LogP contribution is -2.10. The Morgan fingerprint density at radius 2 is 1.58 bits per heavy atom. The maximum absolute atomic E-state index is 12.0. The van der Waals surface area contributed by atoms with Gasteiger partial charge in [-0.1, -0.05) is 65.8 Å². The number of carbonyl (C=O) groups is 1. The molecule has 19 heavy (non-hydrogen) atoms. The highest BCUT2D eigenvalue weighted by Crippen LogP contribution is 2.04. The van der Waals surface area contributed by atoms with E-state index in [1.165, 1.54) is 0 Å². The van der Waals surface area contributed by atoms with Gasteiger partial charge in [0.05, 0.1) is 0 Å². The Bertz CT molecular complexity index is 562. The first-order valence-electron chi connectivity index (χ1n) is 6.07. The van der Waals surface area contributed by atoms with Gasteiger partial charge in [0.2, 0.25) is 5.78 Å². The minimum absolute atomic E-state index is 0.117. The van der Waals surface area contributed by atoms with Crippen molar-refractivity contribution in [2.45, 2.75) is 13.5 Å². The van der Waals surface area contributed by atoms with Crippen LogP contribution in [-0.4, -0.2) is 11.5 Å². The van der Waals surface area contributed by atoms with E-state index in [1.54, 1.807) is 19.1 Å². The van der Waals surface area contributed by atoms with E-state index < -0.39 is 0 Å². The predicted octanol–water partition coefficient (Wildman–Crippen LogP) is 3.46. The first kappa shape index (κ1) is 13.0. The van der Waals surface area contributed by atoms with Crippen molar-refractivity contribution in [3.05, 3.63) is 71.8 Å². The molecule has 96 valence electrons. The number of ketones is 1. The van der Waals surface area contributed by atoms with E-state index in [0.717, 1.165) is 5.56 Å². The highest BCUT2D eigenvalue weighted by Gasteiger charge is 2.09. The van der Waals surface area contributed by atoms with Gasteiger partial charge < -0.3 is 4.84 Å². The first-order valence-corrected chi connectivity index (χ1v) is 6.07. The Labute approximate surface area is 112 Å². The molecule has 0 N–H and O–H groups in total. The number of hydrogen-bond acceptors (Lipinski definition) is 3. The molecule has 3 heteroatoms. The van der Waals surface area contributed by atoms with Crippen LogP contribution < -0.4 is 0 Å². The van der Waals surface area contributed by atoms with Crippen molar-refractivity contribution in [2.24, 2.45) is 5.16 Å². The van der Waals surface area contributed by atoms with Crippen molar-refractivity contribution in [2.75, 3.05) is 0 Å². The molecule has 0 amide bonds. The quantitative estimate of drug-likeness (QED) is 0.465. The minimum atomic E-state index is -0.117. The Morgan fingerprint density at radius 1 is 1.00 bits per heavy atom. The summed E-state index contributed by atoms with van der Waals surface area (Å²) in [6, 6.07) is 18.8. The van der Waals surface area contributed by atoms with E-state index in [4.69, 9.17) is 4.84 Å². The van der Waals surface area contributed by atoms with Gasteiger partial charge in [0.15, 0.2) is 0 Å². The second kappa shape index (κ2) is 6.50. The lowest BCUT2D eigenvalue weighted by molar-refractivity contribution is 0.103. The van der Waals surface area contributed by atoms with Crippen molar-refractivity contribution in [1.82, 2.24) is 0 Å². The van der Waals surface area contributed by atoms with Crippen molar-refractivity contribution >= 4 is 11.5 Å². The zero-order valence-electron chi connectivity index (χ0n) is 10.7. The van der Waals surface area contributed by atoms with E-state index in [9.17, 15) is 4.79 Å². The zero-order chi connectivity index (χ0) is 13.5. The summed E-state index contributed by atoms with van der Waals surface area (Å²) >= 11 is 0. The summed E-state index contributed by atoms with van der Waals surface area (Å²) < 4.78 is 0. The van der Waals surface area contributed by atoms with Crippen LogP contribution in [-0.2, 0) is 11.4 Å². The molecule has 0 fully saturated rings. The van der Waals surface area contributed by atoms with Crippen molar-refractivity contribution in [3.8, 4) is 0 Å². The molecule has 0 saturated carbocycles. The third-order valence-corrected chi connectivity index (χ3v) is 2.64. The van der Waals surface area contributed by atoms with Gasteiger partial charge in [0.1, 0.15) is 12.3 Å². The summed E-state index contributed by atoms with van der Waals surface area (Å²) in [5, 5.41) is 3.86. The lowest BCUT2D eigenvalue weighted by Gasteiger charge is -2.02. The standard InChI is InChI=1S/C16H15NO2/c1-13(16(18)15-10-6-3-7-11-15)17-19-12-14-8-4-2-5-9-14/h2-11H,12H2,1H3/b17-13+. The molecule has 0 radical (unpaired) electrons. The van der Waals surface area contributed by atoms with Crippen LogP contribution in [0, 0.1) is 0 Å². The molecule has 2 aromatic rings. The summed E-state index contributed by atoms with van der Waals surface area (Å²) in [4.78, 5) is 17.2. The minimum Gasteiger partial charge on any atom is -0.391 e. The fourth-order valence-corrected chi connectivity index (χ4v) is 1.62. The Balaban J connectivity index is 1.94. The highest BCUT2D eigenvalue weighted by atomic mass is 16.6. The van der Waals surface area contributed by atoms with Crippen LogP contribution in [0.3, 0.4) is 0 Å². The number of carbonyl (C=O) groups excluding carboxylic acids is 1. The molecule has 0 atom stereocenters. The summed E-state index contributed by atoms with van der Waals surface area (Å²) in [5.41, 5.74) is 1.99. The zero-order valence-corrected chi connectivity index (χ0v) is 10.7. The maximum atomic E-state index is 12.0. The van der Waals surface area contributed by atoms with Gasteiger partial charge >= 0.3 is 0 Å². The third kappa shape index (κ3) is 3.78. The highest BCUT2D eigenvalue weighted by molar-refractivity contribution is 6.45. The van der Waals surface area contributed by atoms with Gasteiger partial charge in [-0.05, 0) is 12.5 Å². The van der Waals surface area contributed by atoms with Gasteiger partial charge in [-0.15, -0.1) is 0 Å². The second-order valence-corrected chi connectivity index (χ2v) is 4.13. The average molecular weight is 253 g/mol. The second-order valence-electron chi connectivity index (χ2n) is 4.13. The van der Waals surface area contributed by atoms with E-state index >= 15 is 0 Å². The molecule has 2 aromatic carbocycles. The smallest absolute Gasteiger partial charge is 0.210 e. The maximum Gasteiger partial charge on any atom is 0.210 e. The molecule has 0 spiro atoms. The molecule has 0 aromatic heterocycles. The van der Waals surface area contributed by atoms with Crippen LogP contribution in [0.25, 0.3) is 0 Å². The fourth-order valence-electron chi connectivity index (χ4n) is 1.62. The lowest BCUT2D eigenvalue weighted by atomic mass is 10.1. The Morgan fingerprint density at radius 3 is 2.21 bits per heavy atom. The molecule has 0 aliphatic heterocycles. The summed E-state index contributed by atoms with van der Waals surface area (Å²) in [6.07, 6.45) is 0. The molecule has 0 saturated heterocycles. The number of Topliss-reactive ketones (excluding diaryl/α,β-unsaturated/α-hetero) is 1. The fraction of sp³-hybridized carbons (Fsp3) is 0.125. The van der Waals surface area contributed by atoms with Gasteiger partial charge in [0.25, 0.3) is 0 Å². The Kier molecular flexibility index (Phi) is 4.45. The first-order chi connectivity index (χ1) is 9.27. The van der Waals surface area contributed by atoms with Crippen LogP contribution >= 0.6 is 0 Å². The molecule has 2 rings (SSSR count). The molecule has 0 unspecified atom stereocenters. The van der Waals surface area contributed by atoms with Crippen LogP contribution in [0.1, 0.15) is 22.8 Å². The molecule has 0 bridgehead atoms. The van der Waals surface area contributed by atoms with E-state index in [2.05, 4.69) is 5.16 Å². The number of rotatable bonds is 5. The number of nitrogens with zero attached hydrogens (tertiary/aromatic N) is 1. The van der Waals surface area contributed by atoms with Gasteiger partial charge in [-0.25, -0.2) is 0 Å². The summed E-state index contributed by atoms with van der Waals surface area (Å²) in [6.45, 7) is 2.01. The summed E-state index contributed by atoms with van der Waals surface area (Å²) in [7, 11) is 0. The number of hydrogen-bond donors (Lipinski definition) is 0.